The van der Waals surface area contributed by atoms with Gasteiger partial charge in [0.2, 0.25) is 5.91 Å². The molecule has 1 fully saturated rings. The van der Waals surface area contributed by atoms with Crippen LogP contribution in [-0.2, 0) is 20.7 Å². The number of thioether (sulfide) groups is 1. The Balaban J connectivity index is 1.71. The predicted molar refractivity (Wildman–Crippen MR) is 93.4 cm³/mol. The highest BCUT2D eigenvalue weighted by atomic mass is 32.2. The zero-order chi connectivity index (χ0) is 16.7. The minimum Gasteiger partial charge on any atom is -0.468 e. The van der Waals surface area contributed by atoms with Crippen LogP contribution < -0.4 is 0 Å². The second-order valence-corrected chi connectivity index (χ2v) is 7.32. The van der Waals surface area contributed by atoms with Crippen molar-refractivity contribution in [2.45, 2.75) is 31.4 Å². The van der Waals surface area contributed by atoms with E-state index in [0.29, 0.717) is 11.7 Å². The van der Waals surface area contributed by atoms with E-state index >= 15 is 0 Å². The maximum Gasteiger partial charge on any atom is 0.318 e. The second kappa shape index (κ2) is 8.96. The van der Waals surface area contributed by atoms with E-state index in [0.717, 1.165) is 32.4 Å². The molecule has 1 aromatic carbocycles. The molecule has 0 radical (unpaired) electrons. The van der Waals surface area contributed by atoms with Gasteiger partial charge in [-0.05, 0) is 37.7 Å². The minimum atomic E-state index is -0.292. The Kier molecular flexibility index (Phi) is 6.96. The van der Waals surface area contributed by atoms with E-state index < -0.39 is 0 Å². The Morgan fingerprint density at radius 1 is 1.26 bits per heavy atom. The number of esters is 1. The molecule has 1 unspecified atom stereocenters. The number of carbonyl (C=O) groups is 2. The van der Waals surface area contributed by atoms with Gasteiger partial charge in [-0.25, -0.2) is 0 Å². The van der Waals surface area contributed by atoms with Crippen LogP contribution in [0, 0.1) is 5.92 Å². The lowest BCUT2D eigenvalue weighted by atomic mass is 9.90. The summed E-state index contributed by atoms with van der Waals surface area (Å²) >= 11 is 1.35. The van der Waals surface area contributed by atoms with Crippen LogP contribution in [-0.4, -0.2) is 48.0 Å². The van der Waals surface area contributed by atoms with Gasteiger partial charge in [0.25, 0.3) is 0 Å². The maximum absolute atomic E-state index is 12.2. The highest BCUT2D eigenvalue weighted by Crippen LogP contribution is 2.22. The van der Waals surface area contributed by atoms with Crippen LogP contribution in [0.3, 0.4) is 0 Å². The van der Waals surface area contributed by atoms with E-state index in [9.17, 15) is 9.59 Å². The van der Waals surface area contributed by atoms with Crippen molar-refractivity contribution < 1.29 is 14.3 Å². The fourth-order valence-electron chi connectivity index (χ4n) is 2.86. The van der Waals surface area contributed by atoms with Gasteiger partial charge in [-0.15, -0.1) is 11.8 Å². The first kappa shape index (κ1) is 17.9. The third kappa shape index (κ3) is 5.57. The number of rotatable bonds is 6. The number of ether oxygens (including phenoxy) is 1. The van der Waals surface area contributed by atoms with Gasteiger partial charge in [-0.2, -0.15) is 0 Å². The molecule has 0 N–H and O–H groups in total. The van der Waals surface area contributed by atoms with Gasteiger partial charge in [0, 0.05) is 13.1 Å². The highest BCUT2D eigenvalue weighted by Gasteiger charge is 2.24. The summed E-state index contributed by atoms with van der Waals surface area (Å²) in [5.41, 5.74) is 1.37. The van der Waals surface area contributed by atoms with E-state index in [2.05, 4.69) is 29.0 Å². The Morgan fingerprint density at radius 2 is 1.91 bits per heavy atom. The molecule has 0 aliphatic carbocycles. The van der Waals surface area contributed by atoms with Gasteiger partial charge in [-0.3, -0.25) is 9.59 Å². The smallest absolute Gasteiger partial charge is 0.318 e. The van der Waals surface area contributed by atoms with Crippen molar-refractivity contribution >= 4 is 23.6 Å². The molecule has 0 saturated carbocycles. The molecular weight excluding hydrogens is 310 g/mol. The molecule has 1 saturated heterocycles. The minimum absolute atomic E-state index is 0.129. The van der Waals surface area contributed by atoms with Gasteiger partial charge < -0.3 is 9.64 Å². The Bertz CT molecular complexity index is 512. The number of likely N-dealkylation sites (tertiary alicyclic amines) is 1. The summed E-state index contributed by atoms with van der Waals surface area (Å²) in [6, 6.07) is 10.5. The van der Waals surface area contributed by atoms with Crippen LogP contribution in [0.4, 0.5) is 0 Å². The van der Waals surface area contributed by atoms with Crippen LogP contribution in [0.25, 0.3) is 0 Å². The first-order valence-corrected chi connectivity index (χ1v) is 9.16. The predicted octanol–water partition coefficient (Wildman–Crippen LogP) is 2.76. The molecule has 1 aliphatic rings. The summed E-state index contributed by atoms with van der Waals surface area (Å²) in [6.45, 7) is 3.42. The largest absolute Gasteiger partial charge is 0.468 e. The molecule has 0 aromatic heterocycles. The molecule has 0 bridgehead atoms. The lowest BCUT2D eigenvalue weighted by Crippen LogP contribution is -2.40. The number of piperidine rings is 1. The van der Waals surface area contributed by atoms with Crippen molar-refractivity contribution in [3.05, 3.63) is 35.9 Å². The van der Waals surface area contributed by atoms with E-state index in [-0.39, 0.29) is 17.1 Å². The number of hydrogen-bond donors (Lipinski definition) is 0. The summed E-state index contributed by atoms with van der Waals surface area (Å²) in [5.74, 6) is 0.857. The molecule has 0 spiro atoms. The van der Waals surface area contributed by atoms with E-state index in [4.69, 9.17) is 0 Å². The quantitative estimate of drug-likeness (QED) is 0.750. The summed E-state index contributed by atoms with van der Waals surface area (Å²) in [7, 11) is 1.37. The van der Waals surface area contributed by atoms with Gasteiger partial charge >= 0.3 is 5.97 Å². The van der Waals surface area contributed by atoms with Gasteiger partial charge in [0.1, 0.15) is 5.25 Å². The van der Waals surface area contributed by atoms with Crippen molar-refractivity contribution in [2.75, 3.05) is 26.0 Å². The SMILES string of the molecule is COC(=O)C(C)SCC(=O)N1CCC(Cc2ccccc2)CC1. The Hall–Kier alpha value is -1.49. The van der Waals surface area contributed by atoms with Gasteiger partial charge in [-0.1, -0.05) is 30.3 Å². The van der Waals surface area contributed by atoms with Gasteiger partial charge in [0.15, 0.2) is 0 Å². The third-order valence-corrected chi connectivity index (χ3v) is 5.43. The van der Waals surface area contributed by atoms with E-state index in [1.807, 2.05) is 11.0 Å². The fourth-order valence-corrected chi connectivity index (χ4v) is 3.66. The maximum atomic E-state index is 12.2. The van der Waals surface area contributed by atoms with Gasteiger partial charge in [0.05, 0.1) is 12.9 Å². The Labute approximate surface area is 142 Å². The number of nitrogens with zero attached hydrogens (tertiary/aromatic N) is 1. The van der Waals surface area contributed by atoms with Crippen LogP contribution in [0.15, 0.2) is 30.3 Å². The summed E-state index contributed by atoms with van der Waals surface area (Å²) in [6.07, 6.45) is 3.20. The van der Waals surface area contributed by atoms with Crippen molar-refractivity contribution in [1.82, 2.24) is 4.90 Å². The zero-order valence-corrected chi connectivity index (χ0v) is 14.7. The lowest BCUT2D eigenvalue weighted by molar-refractivity contribution is -0.139. The lowest BCUT2D eigenvalue weighted by Gasteiger charge is -2.32. The number of methoxy groups -OCH3 is 1. The number of hydrogen-bond acceptors (Lipinski definition) is 4. The average Bonchev–Trinajstić information content (AvgIpc) is 2.60. The van der Waals surface area contributed by atoms with Crippen LogP contribution >= 0.6 is 11.8 Å². The highest BCUT2D eigenvalue weighted by molar-refractivity contribution is 8.01. The number of amides is 1. The summed E-state index contributed by atoms with van der Waals surface area (Å²) in [4.78, 5) is 25.5. The van der Waals surface area contributed by atoms with E-state index in [1.54, 1.807) is 6.92 Å². The molecule has 1 amide bonds. The standard InChI is InChI=1S/C18H25NO3S/c1-14(18(21)22-2)23-13-17(20)19-10-8-16(9-11-19)12-15-6-4-3-5-7-15/h3-7,14,16H,8-13H2,1-2H3. The fraction of sp³-hybridized carbons (Fsp3) is 0.556. The Morgan fingerprint density at radius 3 is 2.52 bits per heavy atom. The third-order valence-electron chi connectivity index (χ3n) is 4.32. The van der Waals surface area contributed by atoms with Crippen LogP contribution in [0.2, 0.25) is 0 Å². The van der Waals surface area contributed by atoms with Crippen LogP contribution in [0.1, 0.15) is 25.3 Å². The molecular formula is C18H25NO3S. The normalized spacial score (nSPS) is 16.9. The summed E-state index contributed by atoms with van der Waals surface area (Å²) in [5, 5.41) is -0.292. The topological polar surface area (TPSA) is 46.6 Å². The van der Waals surface area contributed by atoms with Crippen molar-refractivity contribution in [2.24, 2.45) is 5.92 Å². The van der Waals surface area contributed by atoms with Crippen LogP contribution in [0.5, 0.6) is 0 Å². The van der Waals surface area contributed by atoms with E-state index in [1.165, 1.54) is 24.4 Å². The molecule has 1 atom stereocenters. The van der Waals surface area contributed by atoms with Crippen molar-refractivity contribution in [1.29, 1.82) is 0 Å². The molecule has 1 aromatic rings. The molecule has 1 aliphatic heterocycles. The molecule has 4 nitrogen and oxygen atoms in total. The van der Waals surface area contributed by atoms with Crippen molar-refractivity contribution in [3.8, 4) is 0 Å². The molecule has 126 valence electrons. The number of benzene rings is 1. The monoisotopic (exact) mass is 335 g/mol. The molecule has 2 rings (SSSR count). The average molecular weight is 335 g/mol. The number of carbonyl (C=O) groups excluding carboxylic acids is 2. The first-order valence-electron chi connectivity index (χ1n) is 8.11. The van der Waals surface area contributed by atoms with Crippen molar-refractivity contribution in [3.63, 3.8) is 0 Å². The molecule has 23 heavy (non-hydrogen) atoms. The first-order chi connectivity index (χ1) is 11.1. The zero-order valence-electron chi connectivity index (χ0n) is 13.9. The molecule has 1 heterocycles. The summed E-state index contributed by atoms with van der Waals surface area (Å²) < 4.78 is 4.68. The molecule has 5 heteroatoms. The second-order valence-electron chi connectivity index (χ2n) is 5.99.